The summed E-state index contributed by atoms with van der Waals surface area (Å²) in [4.78, 5) is 13.2. The Labute approximate surface area is 105 Å². The number of aliphatic carboxylic acids is 1. The molecule has 0 heterocycles. The second-order valence-corrected chi connectivity index (χ2v) is 5.01. The third-order valence-corrected chi connectivity index (χ3v) is 2.78. The van der Waals surface area contributed by atoms with Crippen molar-refractivity contribution in [1.82, 2.24) is 10.2 Å². The molecule has 1 unspecified atom stereocenters. The minimum absolute atomic E-state index is 0.210. The second kappa shape index (κ2) is 9.42. The summed E-state index contributed by atoms with van der Waals surface area (Å²) in [6, 6.07) is -0.217. The minimum atomic E-state index is -0.749. The number of nitrogens with zero attached hydrogens (tertiary/aromatic N) is 1. The molecule has 0 aromatic carbocycles. The Morgan fingerprint density at radius 3 is 2.41 bits per heavy atom. The highest BCUT2D eigenvalue weighted by atomic mass is 16.4. The maximum absolute atomic E-state index is 11.0. The molecule has 4 heteroatoms. The molecule has 0 amide bonds. The summed E-state index contributed by atoms with van der Waals surface area (Å²) in [7, 11) is 2.06. The van der Waals surface area contributed by atoms with Crippen LogP contribution in [0.1, 0.15) is 46.5 Å². The van der Waals surface area contributed by atoms with Gasteiger partial charge in [-0.15, -0.1) is 0 Å². The first kappa shape index (κ1) is 16.4. The van der Waals surface area contributed by atoms with Crippen molar-refractivity contribution in [2.75, 3.05) is 20.1 Å². The highest BCUT2D eigenvalue weighted by Gasteiger charge is 2.18. The topological polar surface area (TPSA) is 52.6 Å². The molecule has 0 fully saturated rings. The number of carboxylic acids is 1. The van der Waals surface area contributed by atoms with E-state index in [1.54, 1.807) is 0 Å². The van der Waals surface area contributed by atoms with Crippen LogP contribution < -0.4 is 5.32 Å². The van der Waals surface area contributed by atoms with Gasteiger partial charge in [0.05, 0.1) is 0 Å². The molecule has 0 aliphatic carbocycles. The zero-order chi connectivity index (χ0) is 13.3. The zero-order valence-electron chi connectivity index (χ0n) is 11.7. The molecule has 0 aromatic rings. The molecule has 4 nitrogen and oxygen atoms in total. The van der Waals surface area contributed by atoms with Gasteiger partial charge in [-0.3, -0.25) is 4.79 Å². The fourth-order valence-electron chi connectivity index (χ4n) is 1.77. The van der Waals surface area contributed by atoms with Crippen LogP contribution in [0.2, 0.25) is 0 Å². The van der Waals surface area contributed by atoms with Crippen LogP contribution in [0.5, 0.6) is 0 Å². The van der Waals surface area contributed by atoms with Crippen LogP contribution in [-0.2, 0) is 4.79 Å². The SMILES string of the molecule is CCCCCN(C)CCC(NC(C)C)C(=O)O. The van der Waals surface area contributed by atoms with Crippen molar-refractivity contribution < 1.29 is 9.90 Å². The third kappa shape index (κ3) is 9.12. The average Bonchev–Trinajstić information content (AvgIpc) is 2.23. The number of carbonyl (C=O) groups is 1. The highest BCUT2D eigenvalue weighted by Crippen LogP contribution is 2.00. The highest BCUT2D eigenvalue weighted by molar-refractivity contribution is 5.73. The third-order valence-electron chi connectivity index (χ3n) is 2.78. The van der Waals surface area contributed by atoms with Gasteiger partial charge in [-0.2, -0.15) is 0 Å². The number of nitrogens with one attached hydrogen (secondary N) is 1. The van der Waals surface area contributed by atoms with Crippen LogP contribution in [0.25, 0.3) is 0 Å². The van der Waals surface area contributed by atoms with E-state index in [0.29, 0.717) is 6.42 Å². The molecule has 0 aliphatic rings. The normalized spacial score (nSPS) is 13.3. The first-order chi connectivity index (χ1) is 7.97. The van der Waals surface area contributed by atoms with Gasteiger partial charge in [0.2, 0.25) is 0 Å². The van der Waals surface area contributed by atoms with Gasteiger partial charge < -0.3 is 15.3 Å². The van der Waals surface area contributed by atoms with Crippen LogP contribution in [0.15, 0.2) is 0 Å². The van der Waals surface area contributed by atoms with Gasteiger partial charge in [0.1, 0.15) is 6.04 Å². The summed E-state index contributed by atoms with van der Waals surface area (Å²) in [6.45, 7) is 8.02. The van der Waals surface area contributed by atoms with Gasteiger partial charge in [0, 0.05) is 6.04 Å². The van der Waals surface area contributed by atoms with E-state index in [-0.39, 0.29) is 6.04 Å². The summed E-state index contributed by atoms with van der Waals surface area (Å²) >= 11 is 0. The number of rotatable bonds is 10. The van der Waals surface area contributed by atoms with Crippen LogP contribution in [0.3, 0.4) is 0 Å². The molecule has 102 valence electrons. The summed E-state index contributed by atoms with van der Waals surface area (Å²) < 4.78 is 0. The Kier molecular flexibility index (Phi) is 9.09. The van der Waals surface area contributed by atoms with Crippen molar-refractivity contribution in [1.29, 1.82) is 0 Å². The second-order valence-electron chi connectivity index (χ2n) is 5.01. The fraction of sp³-hybridized carbons (Fsp3) is 0.923. The predicted octanol–water partition coefficient (Wildman–Crippen LogP) is 1.95. The van der Waals surface area contributed by atoms with Crippen molar-refractivity contribution in [3.05, 3.63) is 0 Å². The van der Waals surface area contributed by atoms with Crippen molar-refractivity contribution in [3.8, 4) is 0 Å². The van der Waals surface area contributed by atoms with Crippen molar-refractivity contribution in [3.63, 3.8) is 0 Å². The molecule has 0 saturated carbocycles. The molecule has 0 aromatic heterocycles. The van der Waals surface area contributed by atoms with Crippen molar-refractivity contribution >= 4 is 5.97 Å². The molecule has 0 saturated heterocycles. The first-order valence-electron chi connectivity index (χ1n) is 6.64. The van der Waals surface area contributed by atoms with Gasteiger partial charge >= 0.3 is 5.97 Å². The minimum Gasteiger partial charge on any atom is -0.480 e. The van der Waals surface area contributed by atoms with Crippen LogP contribution in [-0.4, -0.2) is 48.2 Å². The molecular weight excluding hydrogens is 216 g/mol. The predicted molar refractivity (Wildman–Crippen MR) is 71.3 cm³/mol. The lowest BCUT2D eigenvalue weighted by Crippen LogP contribution is -2.42. The monoisotopic (exact) mass is 244 g/mol. The zero-order valence-corrected chi connectivity index (χ0v) is 11.7. The van der Waals surface area contributed by atoms with Crippen molar-refractivity contribution in [2.45, 2.75) is 58.5 Å². The van der Waals surface area contributed by atoms with E-state index in [2.05, 4.69) is 24.2 Å². The van der Waals surface area contributed by atoms with Gasteiger partial charge in [-0.25, -0.2) is 0 Å². The van der Waals surface area contributed by atoms with Gasteiger partial charge in [0.25, 0.3) is 0 Å². The summed E-state index contributed by atoms with van der Waals surface area (Å²) in [5.41, 5.74) is 0. The molecule has 0 radical (unpaired) electrons. The maximum atomic E-state index is 11.0. The van der Waals surface area contributed by atoms with Crippen LogP contribution in [0.4, 0.5) is 0 Å². The lowest BCUT2D eigenvalue weighted by atomic mass is 10.1. The average molecular weight is 244 g/mol. The van der Waals surface area contributed by atoms with E-state index in [4.69, 9.17) is 5.11 Å². The molecular formula is C13H28N2O2. The summed E-state index contributed by atoms with van der Waals surface area (Å²) in [6.07, 6.45) is 4.33. The van der Waals surface area contributed by atoms with Crippen molar-refractivity contribution in [2.24, 2.45) is 0 Å². The Bertz CT molecular complexity index is 208. The van der Waals surface area contributed by atoms with E-state index in [0.717, 1.165) is 13.1 Å². The van der Waals surface area contributed by atoms with Crippen LogP contribution in [0, 0.1) is 0 Å². The number of carboxylic acid groups (broad SMARTS) is 1. The van der Waals surface area contributed by atoms with E-state index < -0.39 is 12.0 Å². The Hall–Kier alpha value is -0.610. The largest absolute Gasteiger partial charge is 0.480 e. The molecule has 2 N–H and O–H groups in total. The van der Waals surface area contributed by atoms with E-state index in [9.17, 15) is 4.79 Å². The Balaban J connectivity index is 3.83. The molecule has 1 atom stereocenters. The quantitative estimate of drug-likeness (QED) is 0.577. The number of hydrogen-bond donors (Lipinski definition) is 2. The smallest absolute Gasteiger partial charge is 0.320 e. The lowest BCUT2D eigenvalue weighted by Gasteiger charge is -2.21. The Morgan fingerprint density at radius 1 is 1.29 bits per heavy atom. The molecule has 0 aliphatic heterocycles. The first-order valence-corrected chi connectivity index (χ1v) is 6.64. The fourth-order valence-corrected chi connectivity index (χ4v) is 1.77. The molecule has 0 spiro atoms. The number of hydrogen-bond acceptors (Lipinski definition) is 3. The Morgan fingerprint density at radius 2 is 1.94 bits per heavy atom. The van der Waals surface area contributed by atoms with Gasteiger partial charge in [0.15, 0.2) is 0 Å². The summed E-state index contributed by atoms with van der Waals surface area (Å²) in [5, 5.41) is 12.1. The van der Waals surface area contributed by atoms with Gasteiger partial charge in [-0.05, 0) is 33.0 Å². The molecule has 0 bridgehead atoms. The summed E-state index contributed by atoms with van der Waals surface area (Å²) in [5.74, 6) is -0.749. The van der Waals surface area contributed by atoms with Gasteiger partial charge in [-0.1, -0.05) is 33.6 Å². The van der Waals surface area contributed by atoms with E-state index in [1.807, 2.05) is 13.8 Å². The van der Waals surface area contributed by atoms with E-state index in [1.165, 1.54) is 19.3 Å². The number of unbranched alkanes of at least 4 members (excludes halogenated alkanes) is 2. The van der Waals surface area contributed by atoms with E-state index >= 15 is 0 Å². The lowest BCUT2D eigenvalue weighted by molar-refractivity contribution is -0.139. The molecule has 0 rings (SSSR count). The van der Waals surface area contributed by atoms with Crippen LogP contribution >= 0.6 is 0 Å². The molecule has 17 heavy (non-hydrogen) atoms. The maximum Gasteiger partial charge on any atom is 0.320 e. The standard InChI is InChI=1S/C13H28N2O2/c1-5-6-7-9-15(4)10-8-12(13(16)17)14-11(2)3/h11-12,14H,5-10H2,1-4H3,(H,16,17).